The fourth-order valence-electron chi connectivity index (χ4n) is 0.703. The third kappa shape index (κ3) is 3.19. The number of hydrogen-bond donors (Lipinski definition) is 3. The standard InChI is InChI=1S/C4H8NO6P/c6-4-5-3(1-10-4)2-11-12(7,8)9/h3H,1-2H2,(H,5,6)(H2,7,8,9)/t3-/m0/s1. The van der Waals surface area contributed by atoms with Crippen LogP contribution in [0.5, 0.6) is 0 Å². The van der Waals surface area contributed by atoms with Crippen LogP contribution in [-0.2, 0) is 13.8 Å². The Hall–Kier alpha value is -0.620. The molecule has 1 aliphatic heterocycles. The van der Waals surface area contributed by atoms with Crippen molar-refractivity contribution in [3.63, 3.8) is 0 Å². The number of nitrogens with one attached hydrogen (secondary N) is 1. The van der Waals surface area contributed by atoms with Crippen LogP contribution in [0.4, 0.5) is 4.79 Å². The molecule has 0 aromatic carbocycles. The van der Waals surface area contributed by atoms with Gasteiger partial charge in [-0.05, 0) is 0 Å². The molecular weight excluding hydrogens is 189 g/mol. The first-order chi connectivity index (χ1) is 5.47. The van der Waals surface area contributed by atoms with Crippen LogP contribution in [0, 0.1) is 0 Å². The maximum atomic E-state index is 10.4. The van der Waals surface area contributed by atoms with Crippen molar-refractivity contribution in [3.8, 4) is 0 Å². The largest absolute Gasteiger partial charge is 0.469 e. The maximum Gasteiger partial charge on any atom is 0.469 e. The van der Waals surface area contributed by atoms with Gasteiger partial charge >= 0.3 is 13.9 Å². The maximum absolute atomic E-state index is 10.4. The van der Waals surface area contributed by atoms with Crippen molar-refractivity contribution in [2.75, 3.05) is 13.2 Å². The minimum Gasteiger partial charge on any atom is -0.447 e. The number of hydrogen-bond acceptors (Lipinski definition) is 4. The molecular formula is C4H8NO6P. The van der Waals surface area contributed by atoms with Gasteiger partial charge in [0, 0.05) is 0 Å². The second-order valence-electron chi connectivity index (χ2n) is 2.23. The van der Waals surface area contributed by atoms with Crippen LogP contribution in [0.1, 0.15) is 0 Å². The van der Waals surface area contributed by atoms with Crippen LogP contribution < -0.4 is 5.32 Å². The number of phosphoric ester groups is 1. The van der Waals surface area contributed by atoms with Gasteiger partial charge in [0.15, 0.2) is 0 Å². The van der Waals surface area contributed by atoms with Crippen LogP contribution in [0.2, 0.25) is 0 Å². The summed E-state index contributed by atoms with van der Waals surface area (Å²) in [6, 6.07) is -0.481. The summed E-state index contributed by atoms with van der Waals surface area (Å²) in [5.41, 5.74) is 0. The molecule has 0 unspecified atom stereocenters. The number of ether oxygens (including phenoxy) is 1. The van der Waals surface area contributed by atoms with Gasteiger partial charge in [-0.2, -0.15) is 0 Å². The summed E-state index contributed by atoms with van der Waals surface area (Å²) in [5.74, 6) is 0. The van der Waals surface area contributed by atoms with Crippen LogP contribution in [0.3, 0.4) is 0 Å². The highest BCUT2D eigenvalue weighted by Crippen LogP contribution is 2.35. The van der Waals surface area contributed by atoms with E-state index in [0.29, 0.717) is 0 Å². The first kappa shape index (κ1) is 9.47. The zero-order valence-electron chi connectivity index (χ0n) is 5.97. The van der Waals surface area contributed by atoms with Crippen molar-refractivity contribution in [1.82, 2.24) is 5.32 Å². The second-order valence-corrected chi connectivity index (χ2v) is 3.47. The molecule has 0 aliphatic carbocycles. The molecule has 0 bridgehead atoms. The summed E-state index contributed by atoms with van der Waals surface area (Å²) in [4.78, 5) is 27.0. The van der Waals surface area contributed by atoms with Crippen molar-refractivity contribution in [2.45, 2.75) is 6.04 Å². The number of amides is 1. The molecule has 8 heteroatoms. The first-order valence-corrected chi connectivity index (χ1v) is 4.64. The average Bonchev–Trinajstić information content (AvgIpc) is 2.30. The number of alkyl carbamates (subject to hydrolysis) is 1. The molecule has 0 spiro atoms. The zero-order valence-corrected chi connectivity index (χ0v) is 6.86. The second kappa shape index (κ2) is 3.40. The molecule has 1 fully saturated rings. The van der Waals surface area contributed by atoms with Crippen molar-refractivity contribution in [1.29, 1.82) is 0 Å². The van der Waals surface area contributed by atoms with Gasteiger partial charge in [0.1, 0.15) is 6.61 Å². The molecule has 12 heavy (non-hydrogen) atoms. The normalized spacial score (nSPS) is 23.5. The molecule has 1 aliphatic rings. The summed E-state index contributed by atoms with van der Waals surface area (Å²) in [5, 5.41) is 2.30. The summed E-state index contributed by atoms with van der Waals surface area (Å²) in [6.45, 7) is -0.186. The first-order valence-electron chi connectivity index (χ1n) is 3.11. The number of phosphoric acid groups is 1. The smallest absolute Gasteiger partial charge is 0.447 e. The van der Waals surface area contributed by atoms with E-state index in [2.05, 4.69) is 14.6 Å². The van der Waals surface area contributed by atoms with Gasteiger partial charge in [-0.25, -0.2) is 9.36 Å². The van der Waals surface area contributed by atoms with Gasteiger partial charge in [-0.15, -0.1) is 0 Å². The lowest BCUT2D eigenvalue weighted by Gasteiger charge is -2.08. The SMILES string of the molecule is O=C1N[C@H](COP(=O)(O)O)CO1. The van der Waals surface area contributed by atoms with E-state index < -0.39 is 20.0 Å². The Morgan fingerprint density at radius 1 is 1.75 bits per heavy atom. The number of carbonyl (C=O) groups excluding carboxylic acids is 1. The average molecular weight is 197 g/mol. The molecule has 1 saturated heterocycles. The molecule has 1 atom stereocenters. The molecule has 70 valence electrons. The number of rotatable bonds is 3. The molecule has 0 saturated carbocycles. The van der Waals surface area contributed by atoms with Gasteiger partial charge in [-0.1, -0.05) is 0 Å². The molecule has 0 radical (unpaired) electrons. The fourth-order valence-corrected chi connectivity index (χ4v) is 1.08. The third-order valence-electron chi connectivity index (χ3n) is 1.18. The van der Waals surface area contributed by atoms with Gasteiger partial charge in [0.05, 0.1) is 12.6 Å². The van der Waals surface area contributed by atoms with E-state index in [-0.39, 0.29) is 13.2 Å². The lowest BCUT2D eigenvalue weighted by Crippen LogP contribution is -2.30. The predicted molar refractivity (Wildman–Crippen MR) is 36.3 cm³/mol. The Morgan fingerprint density at radius 2 is 2.42 bits per heavy atom. The molecule has 1 amide bonds. The van der Waals surface area contributed by atoms with E-state index in [1.54, 1.807) is 0 Å². The molecule has 1 heterocycles. The minimum absolute atomic E-state index is 0.0683. The van der Waals surface area contributed by atoms with E-state index in [0.717, 1.165) is 0 Å². The minimum atomic E-state index is -4.44. The monoisotopic (exact) mass is 197 g/mol. The Labute approximate surface area is 67.9 Å². The Bertz CT molecular complexity index is 224. The lowest BCUT2D eigenvalue weighted by molar-refractivity contribution is 0.165. The summed E-state index contributed by atoms with van der Waals surface area (Å²) >= 11 is 0. The molecule has 1 rings (SSSR count). The van der Waals surface area contributed by atoms with Gasteiger partial charge < -0.3 is 19.8 Å². The predicted octanol–water partition coefficient (Wildman–Crippen LogP) is -0.796. The summed E-state index contributed by atoms with van der Waals surface area (Å²) in [6.07, 6.45) is -0.602. The van der Waals surface area contributed by atoms with E-state index in [1.807, 2.05) is 0 Å². The Morgan fingerprint density at radius 3 is 2.83 bits per heavy atom. The van der Waals surface area contributed by atoms with Crippen molar-refractivity contribution in [3.05, 3.63) is 0 Å². The Kier molecular flexibility index (Phi) is 2.69. The summed E-state index contributed by atoms with van der Waals surface area (Å²) < 4.78 is 18.8. The van der Waals surface area contributed by atoms with E-state index in [1.165, 1.54) is 0 Å². The summed E-state index contributed by atoms with van der Waals surface area (Å²) in [7, 11) is -4.44. The van der Waals surface area contributed by atoms with Crippen molar-refractivity contribution < 1.29 is 28.4 Å². The van der Waals surface area contributed by atoms with Crippen LogP contribution in [0.15, 0.2) is 0 Å². The van der Waals surface area contributed by atoms with Crippen LogP contribution in [-0.4, -0.2) is 35.1 Å². The zero-order chi connectivity index (χ0) is 9.19. The highest BCUT2D eigenvalue weighted by Gasteiger charge is 2.25. The molecule has 0 aromatic heterocycles. The highest BCUT2D eigenvalue weighted by molar-refractivity contribution is 7.46. The van der Waals surface area contributed by atoms with Crippen molar-refractivity contribution >= 4 is 13.9 Å². The van der Waals surface area contributed by atoms with E-state index >= 15 is 0 Å². The van der Waals surface area contributed by atoms with Gasteiger partial charge in [0.2, 0.25) is 0 Å². The van der Waals surface area contributed by atoms with Gasteiger partial charge in [0.25, 0.3) is 0 Å². The topological polar surface area (TPSA) is 105 Å². The highest BCUT2D eigenvalue weighted by atomic mass is 31.2. The Balaban J connectivity index is 2.25. The number of cyclic esters (lactones) is 1. The van der Waals surface area contributed by atoms with E-state index in [4.69, 9.17) is 9.79 Å². The number of carbonyl (C=O) groups is 1. The van der Waals surface area contributed by atoms with Crippen LogP contribution in [0.25, 0.3) is 0 Å². The molecule has 3 N–H and O–H groups in total. The van der Waals surface area contributed by atoms with Crippen molar-refractivity contribution in [2.24, 2.45) is 0 Å². The van der Waals surface area contributed by atoms with Gasteiger partial charge in [-0.3, -0.25) is 4.52 Å². The third-order valence-corrected chi connectivity index (χ3v) is 1.67. The lowest BCUT2D eigenvalue weighted by atomic mass is 10.4. The molecule has 7 nitrogen and oxygen atoms in total. The quantitative estimate of drug-likeness (QED) is 0.511. The van der Waals surface area contributed by atoms with E-state index in [9.17, 15) is 9.36 Å². The van der Waals surface area contributed by atoms with Crippen LogP contribution >= 0.6 is 7.82 Å². The fraction of sp³-hybridized carbons (Fsp3) is 0.750. The molecule has 0 aromatic rings.